The maximum absolute atomic E-state index is 11.5. The molecule has 7 heteroatoms. The highest BCUT2D eigenvalue weighted by atomic mass is 16.5. The molecule has 0 bridgehead atoms. The topological polar surface area (TPSA) is 97.2 Å². The number of carboxylic acids is 1. The van der Waals surface area contributed by atoms with Crippen molar-refractivity contribution in [2.75, 3.05) is 14.2 Å². The van der Waals surface area contributed by atoms with Gasteiger partial charge in [-0.15, -0.1) is 0 Å². The zero-order valence-electron chi connectivity index (χ0n) is 12.6. The molecule has 7 nitrogen and oxygen atoms in total. The van der Waals surface area contributed by atoms with E-state index < -0.39 is 17.8 Å². The van der Waals surface area contributed by atoms with Gasteiger partial charge in [0.2, 0.25) is 5.91 Å². The number of carbonyl (C=O) groups is 2. The van der Waals surface area contributed by atoms with E-state index in [1.165, 1.54) is 14.2 Å². The van der Waals surface area contributed by atoms with Crippen LogP contribution in [0, 0.1) is 11.8 Å². The standard InChI is InChI=1S/C15H18N2O5/c1-8(15(19)20)10-7-13(18)16-17-14(10)9-4-5-11(21-2)12(6-9)22-3/h4-6,8,10H,7H2,1-3H3,(H,16,18)(H,19,20). The minimum absolute atomic E-state index is 0.0840. The number of ether oxygens (including phenoxy) is 2. The largest absolute Gasteiger partial charge is 0.493 e. The van der Waals surface area contributed by atoms with E-state index in [0.717, 1.165) is 0 Å². The van der Waals surface area contributed by atoms with Gasteiger partial charge in [-0.2, -0.15) is 5.10 Å². The normalized spacial score (nSPS) is 19.0. The Kier molecular flexibility index (Phi) is 4.65. The lowest BCUT2D eigenvalue weighted by atomic mass is 9.82. The van der Waals surface area contributed by atoms with Crippen molar-refractivity contribution in [2.45, 2.75) is 13.3 Å². The van der Waals surface area contributed by atoms with Crippen molar-refractivity contribution in [3.63, 3.8) is 0 Å². The highest BCUT2D eigenvalue weighted by Crippen LogP contribution is 2.31. The predicted molar refractivity (Wildman–Crippen MR) is 79.1 cm³/mol. The van der Waals surface area contributed by atoms with E-state index >= 15 is 0 Å². The van der Waals surface area contributed by atoms with Gasteiger partial charge in [0.15, 0.2) is 11.5 Å². The van der Waals surface area contributed by atoms with Crippen LogP contribution in [0.5, 0.6) is 11.5 Å². The number of benzene rings is 1. The molecule has 1 aliphatic heterocycles. The van der Waals surface area contributed by atoms with Crippen LogP contribution in [0.2, 0.25) is 0 Å². The molecule has 0 aliphatic carbocycles. The molecule has 118 valence electrons. The SMILES string of the molecule is COc1ccc(C2=NNC(=O)CC2C(C)C(=O)O)cc1OC. The molecule has 22 heavy (non-hydrogen) atoms. The van der Waals surface area contributed by atoms with Crippen LogP contribution in [0.15, 0.2) is 23.3 Å². The Hall–Kier alpha value is -2.57. The molecule has 0 spiro atoms. The third-order valence-corrected chi connectivity index (χ3v) is 3.73. The number of nitrogens with zero attached hydrogens (tertiary/aromatic N) is 1. The molecule has 0 radical (unpaired) electrons. The fourth-order valence-corrected chi connectivity index (χ4v) is 2.41. The number of hydrazone groups is 1. The van der Waals surface area contributed by atoms with Gasteiger partial charge in [-0.3, -0.25) is 9.59 Å². The van der Waals surface area contributed by atoms with E-state index in [4.69, 9.17) is 9.47 Å². The Morgan fingerprint density at radius 3 is 2.64 bits per heavy atom. The highest BCUT2D eigenvalue weighted by molar-refractivity contribution is 6.07. The molecule has 0 saturated carbocycles. The Morgan fingerprint density at radius 2 is 2.05 bits per heavy atom. The summed E-state index contributed by atoms with van der Waals surface area (Å²) in [7, 11) is 3.05. The maximum Gasteiger partial charge on any atom is 0.306 e. The number of amides is 1. The summed E-state index contributed by atoms with van der Waals surface area (Å²) in [6, 6.07) is 5.20. The molecule has 0 saturated heterocycles. The number of carboxylic acid groups (broad SMARTS) is 1. The first kappa shape index (κ1) is 15.8. The third-order valence-electron chi connectivity index (χ3n) is 3.73. The monoisotopic (exact) mass is 306 g/mol. The minimum Gasteiger partial charge on any atom is -0.493 e. The Balaban J connectivity index is 2.43. The van der Waals surface area contributed by atoms with Crippen LogP contribution in [0.1, 0.15) is 18.9 Å². The van der Waals surface area contributed by atoms with Crippen LogP contribution in [0.25, 0.3) is 0 Å². The van der Waals surface area contributed by atoms with Crippen LogP contribution in [-0.4, -0.2) is 36.9 Å². The predicted octanol–water partition coefficient (Wildman–Crippen LogP) is 1.26. The molecule has 2 N–H and O–H groups in total. The number of aliphatic carboxylic acids is 1. The Morgan fingerprint density at radius 1 is 1.36 bits per heavy atom. The number of hydrogen-bond donors (Lipinski definition) is 2. The molecule has 2 atom stereocenters. The summed E-state index contributed by atoms with van der Waals surface area (Å²) >= 11 is 0. The lowest BCUT2D eigenvalue weighted by Crippen LogP contribution is -2.38. The zero-order chi connectivity index (χ0) is 16.3. The number of nitrogens with one attached hydrogen (secondary N) is 1. The van der Waals surface area contributed by atoms with E-state index in [9.17, 15) is 14.7 Å². The Labute approximate surface area is 127 Å². The first-order valence-electron chi connectivity index (χ1n) is 6.79. The minimum atomic E-state index is -0.965. The number of hydrogen-bond acceptors (Lipinski definition) is 5. The van der Waals surface area contributed by atoms with Gasteiger partial charge in [-0.1, -0.05) is 6.92 Å². The summed E-state index contributed by atoms with van der Waals surface area (Å²) in [4.78, 5) is 22.8. The van der Waals surface area contributed by atoms with Crippen molar-refractivity contribution in [1.82, 2.24) is 5.43 Å². The smallest absolute Gasteiger partial charge is 0.306 e. The van der Waals surface area contributed by atoms with E-state index in [1.54, 1.807) is 25.1 Å². The Bertz CT molecular complexity index is 626. The molecule has 0 aromatic heterocycles. The van der Waals surface area contributed by atoms with Crippen LogP contribution in [0.3, 0.4) is 0 Å². The number of methoxy groups -OCH3 is 2. The van der Waals surface area contributed by atoms with E-state index in [1.807, 2.05) is 0 Å². The fourth-order valence-electron chi connectivity index (χ4n) is 2.41. The van der Waals surface area contributed by atoms with Gasteiger partial charge < -0.3 is 14.6 Å². The zero-order valence-corrected chi connectivity index (χ0v) is 12.6. The van der Waals surface area contributed by atoms with Gasteiger partial charge in [0.25, 0.3) is 0 Å². The third kappa shape index (κ3) is 3.03. The van der Waals surface area contributed by atoms with E-state index in [0.29, 0.717) is 22.8 Å². The van der Waals surface area contributed by atoms with Gasteiger partial charge in [0.1, 0.15) is 0 Å². The van der Waals surface area contributed by atoms with Crippen LogP contribution < -0.4 is 14.9 Å². The first-order chi connectivity index (χ1) is 10.5. The number of carbonyl (C=O) groups excluding carboxylic acids is 1. The van der Waals surface area contributed by atoms with Crippen molar-refractivity contribution in [1.29, 1.82) is 0 Å². The van der Waals surface area contributed by atoms with E-state index in [-0.39, 0.29) is 12.3 Å². The van der Waals surface area contributed by atoms with Crippen LogP contribution in [-0.2, 0) is 9.59 Å². The maximum atomic E-state index is 11.5. The van der Waals surface area contributed by atoms with Crippen molar-refractivity contribution < 1.29 is 24.2 Å². The summed E-state index contributed by atoms with van der Waals surface area (Å²) in [5.74, 6) is -1.40. The highest BCUT2D eigenvalue weighted by Gasteiger charge is 2.34. The quantitative estimate of drug-likeness (QED) is 0.853. The summed E-state index contributed by atoms with van der Waals surface area (Å²) < 4.78 is 10.4. The van der Waals surface area contributed by atoms with Gasteiger partial charge in [-0.05, 0) is 18.2 Å². The summed E-state index contributed by atoms with van der Waals surface area (Å²) in [5, 5.41) is 13.3. The van der Waals surface area contributed by atoms with E-state index in [2.05, 4.69) is 10.5 Å². The number of rotatable bonds is 5. The lowest BCUT2D eigenvalue weighted by molar-refractivity contribution is -0.142. The van der Waals surface area contributed by atoms with Crippen molar-refractivity contribution in [2.24, 2.45) is 16.9 Å². The molecular weight excluding hydrogens is 288 g/mol. The summed E-state index contributed by atoms with van der Waals surface area (Å²) in [6.07, 6.45) is 0.0840. The van der Waals surface area contributed by atoms with Gasteiger partial charge in [0, 0.05) is 17.9 Å². The average molecular weight is 306 g/mol. The molecule has 0 fully saturated rings. The molecule has 1 aliphatic rings. The molecular formula is C15H18N2O5. The molecule has 2 unspecified atom stereocenters. The second kappa shape index (κ2) is 6.46. The molecule has 1 aromatic carbocycles. The molecule has 1 aromatic rings. The van der Waals surface area contributed by atoms with Crippen molar-refractivity contribution in [3.05, 3.63) is 23.8 Å². The molecule has 2 rings (SSSR count). The molecule has 1 amide bonds. The van der Waals surface area contributed by atoms with Crippen LogP contribution in [0.4, 0.5) is 0 Å². The van der Waals surface area contributed by atoms with Crippen molar-refractivity contribution >= 4 is 17.6 Å². The second-order valence-electron chi connectivity index (χ2n) is 5.04. The van der Waals surface area contributed by atoms with Crippen LogP contribution >= 0.6 is 0 Å². The second-order valence-corrected chi connectivity index (χ2v) is 5.04. The summed E-state index contributed by atoms with van der Waals surface area (Å²) in [6.45, 7) is 1.57. The van der Waals surface area contributed by atoms with Gasteiger partial charge in [0.05, 0.1) is 25.8 Å². The summed E-state index contributed by atoms with van der Waals surface area (Å²) in [5.41, 5.74) is 3.62. The first-order valence-corrected chi connectivity index (χ1v) is 6.79. The lowest BCUT2D eigenvalue weighted by Gasteiger charge is -2.26. The molecule has 1 heterocycles. The van der Waals surface area contributed by atoms with Gasteiger partial charge >= 0.3 is 5.97 Å². The average Bonchev–Trinajstić information content (AvgIpc) is 2.53. The van der Waals surface area contributed by atoms with Crippen molar-refractivity contribution in [3.8, 4) is 11.5 Å². The van der Waals surface area contributed by atoms with Gasteiger partial charge in [-0.25, -0.2) is 5.43 Å². The fraction of sp³-hybridized carbons (Fsp3) is 0.400.